The van der Waals surface area contributed by atoms with Crippen molar-refractivity contribution in [1.82, 2.24) is 16.0 Å². The summed E-state index contributed by atoms with van der Waals surface area (Å²) >= 11 is 0. The van der Waals surface area contributed by atoms with Crippen LogP contribution in [0.1, 0.15) is 34.6 Å². The van der Waals surface area contributed by atoms with Gasteiger partial charge >= 0.3 is 0 Å². The standard InChI is InChI=1S/C14H30N4O2.HI/c1-13(2,3)11(19)16-8-9-17-12(15-6)18-10-14(4,5)20-7;/h8-10H2,1-7H3,(H,16,19)(H2,15,17,18);1H. The monoisotopic (exact) mass is 414 g/mol. The van der Waals surface area contributed by atoms with Crippen molar-refractivity contribution in [3.8, 4) is 0 Å². The number of nitrogens with one attached hydrogen (secondary N) is 3. The van der Waals surface area contributed by atoms with E-state index in [1.54, 1.807) is 14.2 Å². The van der Waals surface area contributed by atoms with Crippen LogP contribution in [0.15, 0.2) is 4.99 Å². The molecule has 6 nitrogen and oxygen atoms in total. The van der Waals surface area contributed by atoms with Crippen LogP contribution < -0.4 is 16.0 Å². The van der Waals surface area contributed by atoms with Gasteiger partial charge in [0.1, 0.15) is 0 Å². The minimum absolute atomic E-state index is 0. The number of carbonyl (C=O) groups excluding carboxylic acids is 1. The van der Waals surface area contributed by atoms with E-state index in [0.717, 1.165) is 0 Å². The number of nitrogens with zero attached hydrogens (tertiary/aromatic N) is 1. The maximum atomic E-state index is 11.7. The number of rotatable bonds is 6. The van der Waals surface area contributed by atoms with E-state index in [1.807, 2.05) is 34.6 Å². The predicted octanol–water partition coefficient (Wildman–Crippen LogP) is 1.36. The molecule has 0 unspecified atom stereocenters. The Hall–Kier alpha value is -0.570. The van der Waals surface area contributed by atoms with Crippen LogP contribution in [0.3, 0.4) is 0 Å². The number of halogens is 1. The van der Waals surface area contributed by atoms with Crippen molar-refractivity contribution in [1.29, 1.82) is 0 Å². The average molecular weight is 414 g/mol. The molecule has 7 heteroatoms. The van der Waals surface area contributed by atoms with Crippen molar-refractivity contribution < 1.29 is 9.53 Å². The molecule has 1 amide bonds. The first-order chi connectivity index (χ1) is 9.12. The van der Waals surface area contributed by atoms with Crippen molar-refractivity contribution in [3.05, 3.63) is 0 Å². The van der Waals surface area contributed by atoms with E-state index in [0.29, 0.717) is 25.6 Å². The van der Waals surface area contributed by atoms with Crippen LogP contribution in [-0.4, -0.2) is 51.3 Å². The second-order valence-corrected chi connectivity index (χ2v) is 6.32. The zero-order valence-corrected chi connectivity index (χ0v) is 16.6. The first-order valence-electron chi connectivity index (χ1n) is 6.90. The molecule has 0 heterocycles. The number of methoxy groups -OCH3 is 1. The molecule has 126 valence electrons. The van der Waals surface area contributed by atoms with E-state index in [-0.39, 0.29) is 40.9 Å². The summed E-state index contributed by atoms with van der Waals surface area (Å²) in [6.45, 7) is 11.5. The summed E-state index contributed by atoms with van der Waals surface area (Å²) in [5, 5.41) is 9.20. The molecule has 0 aliphatic heterocycles. The Morgan fingerprint density at radius 2 is 1.57 bits per heavy atom. The summed E-state index contributed by atoms with van der Waals surface area (Å²) in [5.41, 5.74) is -0.611. The molecule has 0 aromatic carbocycles. The fraction of sp³-hybridized carbons (Fsp3) is 0.857. The second-order valence-electron chi connectivity index (χ2n) is 6.32. The first-order valence-corrected chi connectivity index (χ1v) is 6.90. The van der Waals surface area contributed by atoms with E-state index in [2.05, 4.69) is 20.9 Å². The zero-order chi connectivity index (χ0) is 15.8. The van der Waals surface area contributed by atoms with Gasteiger partial charge in [0, 0.05) is 39.2 Å². The van der Waals surface area contributed by atoms with Crippen LogP contribution in [0, 0.1) is 5.41 Å². The molecule has 0 atom stereocenters. The lowest BCUT2D eigenvalue weighted by Crippen LogP contribution is -2.47. The molecular formula is C14H31IN4O2. The van der Waals surface area contributed by atoms with Crippen LogP contribution in [0.4, 0.5) is 0 Å². The number of aliphatic imine (C=N–C) groups is 1. The van der Waals surface area contributed by atoms with Gasteiger partial charge in [0.2, 0.25) is 5.91 Å². The maximum Gasteiger partial charge on any atom is 0.225 e. The SMILES string of the molecule is CN=C(NCCNC(=O)C(C)(C)C)NCC(C)(C)OC.I. The molecule has 3 N–H and O–H groups in total. The van der Waals surface area contributed by atoms with Gasteiger partial charge in [-0.2, -0.15) is 0 Å². The molecule has 0 radical (unpaired) electrons. The maximum absolute atomic E-state index is 11.7. The third-order valence-corrected chi connectivity index (χ3v) is 2.84. The molecule has 0 spiro atoms. The third kappa shape index (κ3) is 10.8. The van der Waals surface area contributed by atoms with E-state index in [4.69, 9.17) is 4.74 Å². The number of ether oxygens (including phenoxy) is 1. The van der Waals surface area contributed by atoms with E-state index in [1.165, 1.54) is 0 Å². The van der Waals surface area contributed by atoms with E-state index in [9.17, 15) is 4.79 Å². The Labute approximate surface area is 145 Å². The Bertz CT molecular complexity index is 338. The Balaban J connectivity index is 0. The minimum Gasteiger partial charge on any atom is -0.377 e. The minimum atomic E-state index is -0.359. The molecule has 0 aliphatic rings. The number of hydrogen-bond donors (Lipinski definition) is 3. The van der Waals surface area contributed by atoms with Crippen molar-refractivity contribution in [2.24, 2.45) is 10.4 Å². The molecular weight excluding hydrogens is 383 g/mol. The fourth-order valence-corrected chi connectivity index (χ4v) is 1.21. The molecule has 0 aromatic heterocycles. The largest absolute Gasteiger partial charge is 0.377 e. The average Bonchev–Trinajstić information content (AvgIpc) is 2.36. The highest BCUT2D eigenvalue weighted by atomic mass is 127. The molecule has 0 bridgehead atoms. The molecule has 0 saturated heterocycles. The van der Waals surface area contributed by atoms with Crippen molar-refractivity contribution >= 4 is 35.8 Å². The van der Waals surface area contributed by atoms with Gasteiger partial charge in [-0.3, -0.25) is 9.79 Å². The zero-order valence-electron chi connectivity index (χ0n) is 14.3. The quantitative estimate of drug-likeness (QED) is 0.266. The van der Waals surface area contributed by atoms with Crippen LogP contribution in [-0.2, 0) is 9.53 Å². The van der Waals surface area contributed by atoms with Crippen LogP contribution in [0.2, 0.25) is 0 Å². The lowest BCUT2D eigenvalue weighted by atomic mass is 9.96. The molecule has 0 aromatic rings. The van der Waals surface area contributed by atoms with Gasteiger partial charge in [0.25, 0.3) is 0 Å². The lowest BCUT2D eigenvalue weighted by molar-refractivity contribution is -0.128. The first kappa shape index (κ1) is 22.7. The third-order valence-electron chi connectivity index (χ3n) is 2.84. The van der Waals surface area contributed by atoms with Crippen LogP contribution in [0.5, 0.6) is 0 Å². The molecule has 0 aliphatic carbocycles. The highest BCUT2D eigenvalue weighted by Crippen LogP contribution is 2.11. The van der Waals surface area contributed by atoms with Gasteiger partial charge in [0.05, 0.1) is 5.60 Å². The number of hydrogen-bond acceptors (Lipinski definition) is 3. The fourth-order valence-electron chi connectivity index (χ4n) is 1.21. The van der Waals surface area contributed by atoms with Crippen LogP contribution >= 0.6 is 24.0 Å². The Kier molecular flexibility index (Phi) is 11.0. The summed E-state index contributed by atoms with van der Waals surface area (Å²) in [5.74, 6) is 0.739. The molecule has 0 rings (SSSR count). The van der Waals surface area contributed by atoms with Crippen LogP contribution in [0.25, 0.3) is 0 Å². The van der Waals surface area contributed by atoms with Crippen molar-refractivity contribution in [2.75, 3.05) is 33.8 Å². The molecule has 0 saturated carbocycles. The van der Waals surface area contributed by atoms with Gasteiger partial charge < -0.3 is 20.7 Å². The van der Waals surface area contributed by atoms with Gasteiger partial charge in [-0.05, 0) is 13.8 Å². The summed E-state index contributed by atoms with van der Waals surface area (Å²) in [7, 11) is 3.39. The second kappa shape index (κ2) is 10.2. The van der Waals surface area contributed by atoms with Gasteiger partial charge in [-0.1, -0.05) is 20.8 Å². The van der Waals surface area contributed by atoms with Crippen molar-refractivity contribution in [3.63, 3.8) is 0 Å². The van der Waals surface area contributed by atoms with Gasteiger partial charge in [0.15, 0.2) is 5.96 Å². The topological polar surface area (TPSA) is 74.8 Å². The Morgan fingerprint density at radius 1 is 1.05 bits per heavy atom. The smallest absolute Gasteiger partial charge is 0.225 e. The number of guanidine groups is 1. The highest BCUT2D eigenvalue weighted by Gasteiger charge is 2.20. The normalized spacial score (nSPS) is 12.4. The van der Waals surface area contributed by atoms with E-state index < -0.39 is 0 Å². The van der Waals surface area contributed by atoms with Gasteiger partial charge in [-0.15, -0.1) is 24.0 Å². The van der Waals surface area contributed by atoms with Gasteiger partial charge in [-0.25, -0.2) is 0 Å². The highest BCUT2D eigenvalue weighted by molar-refractivity contribution is 14.0. The summed E-state index contributed by atoms with van der Waals surface area (Å²) < 4.78 is 5.32. The lowest BCUT2D eigenvalue weighted by Gasteiger charge is -2.24. The Morgan fingerprint density at radius 3 is 2.00 bits per heavy atom. The summed E-state index contributed by atoms with van der Waals surface area (Å²) in [6, 6.07) is 0. The van der Waals surface area contributed by atoms with E-state index >= 15 is 0 Å². The number of amides is 1. The number of carbonyl (C=O) groups is 1. The predicted molar refractivity (Wildman–Crippen MR) is 98.3 cm³/mol. The molecule has 0 fully saturated rings. The van der Waals surface area contributed by atoms with Crippen molar-refractivity contribution in [2.45, 2.75) is 40.2 Å². The summed E-state index contributed by atoms with van der Waals surface area (Å²) in [4.78, 5) is 15.8. The summed E-state index contributed by atoms with van der Waals surface area (Å²) in [6.07, 6.45) is 0. The molecule has 21 heavy (non-hydrogen) atoms.